The summed E-state index contributed by atoms with van der Waals surface area (Å²) in [6.07, 6.45) is 2.07. The van der Waals surface area contributed by atoms with Crippen molar-refractivity contribution in [2.75, 3.05) is 12.8 Å². The maximum atomic E-state index is 11.7. The Labute approximate surface area is 99.8 Å². The smallest absolute Gasteiger partial charge is 0.325 e. The zero-order chi connectivity index (χ0) is 13.2. The van der Waals surface area contributed by atoms with E-state index < -0.39 is 34.0 Å². The molecule has 1 heterocycles. The summed E-state index contributed by atoms with van der Waals surface area (Å²) in [5, 5.41) is 10.9. The summed E-state index contributed by atoms with van der Waals surface area (Å²) >= 11 is 0. The van der Waals surface area contributed by atoms with Gasteiger partial charge in [-0.3, -0.25) is 9.59 Å². The summed E-state index contributed by atoms with van der Waals surface area (Å²) in [6, 6.07) is -1.81. The zero-order valence-electron chi connectivity index (χ0n) is 9.71. The highest BCUT2D eigenvalue weighted by atomic mass is 32.2. The van der Waals surface area contributed by atoms with E-state index in [4.69, 9.17) is 5.11 Å². The Morgan fingerprint density at radius 1 is 1.47 bits per heavy atom. The van der Waals surface area contributed by atoms with E-state index >= 15 is 0 Å². The Bertz CT molecular complexity index is 419. The van der Waals surface area contributed by atoms with Crippen molar-refractivity contribution in [1.82, 2.24) is 9.62 Å². The molecule has 1 rings (SSSR count). The Balaban J connectivity index is 2.72. The fourth-order valence-corrected chi connectivity index (χ4v) is 2.89. The molecule has 2 N–H and O–H groups in total. The number of carbonyl (C=O) groups is 2. The molecular formula is C9H16N2O5S. The van der Waals surface area contributed by atoms with E-state index in [2.05, 4.69) is 5.32 Å². The minimum absolute atomic E-state index is 0.304. The van der Waals surface area contributed by atoms with E-state index in [1.54, 1.807) is 0 Å². The lowest BCUT2D eigenvalue weighted by Crippen LogP contribution is -2.49. The molecule has 1 saturated heterocycles. The normalized spacial score (nSPS) is 23.3. The number of rotatable bonds is 4. The van der Waals surface area contributed by atoms with Crippen molar-refractivity contribution in [1.29, 1.82) is 0 Å². The maximum Gasteiger partial charge on any atom is 0.325 e. The third-order valence-corrected chi connectivity index (χ3v) is 3.95. The van der Waals surface area contributed by atoms with Crippen molar-refractivity contribution < 1.29 is 23.1 Å². The third kappa shape index (κ3) is 3.40. The molecule has 1 amide bonds. The van der Waals surface area contributed by atoms with E-state index in [-0.39, 0.29) is 0 Å². The first-order valence-electron chi connectivity index (χ1n) is 5.23. The van der Waals surface area contributed by atoms with Crippen LogP contribution in [0.1, 0.15) is 19.8 Å². The highest BCUT2D eigenvalue weighted by Crippen LogP contribution is 2.20. The van der Waals surface area contributed by atoms with Crippen LogP contribution in [-0.4, -0.2) is 54.6 Å². The molecule has 1 fully saturated rings. The van der Waals surface area contributed by atoms with Crippen LogP contribution in [0.15, 0.2) is 0 Å². The van der Waals surface area contributed by atoms with Crippen molar-refractivity contribution >= 4 is 21.9 Å². The molecular weight excluding hydrogens is 248 g/mol. The van der Waals surface area contributed by atoms with Crippen LogP contribution in [0.25, 0.3) is 0 Å². The van der Waals surface area contributed by atoms with Gasteiger partial charge in [-0.1, -0.05) is 0 Å². The maximum absolute atomic E-state index is 11.7. The molecule has 0 spiro atoms. The number of carboxylic acids is 1. The molecule has 1 aliphatic rings. The Hall–Kier alpha value is -1.15. The molecule has 98 valence electrons. The van der Waals surface area contributed by atoms with Gasteiger partial charge >= 0.3 is 5.97 Å². The number of hydrogen-bond donors (Lipinski definition) is 2. The van der Waals surface area contributed by atoms with Crippen molar-refractivity contribution in [3.63, 3.8) is 0 Å². The highest BCUT2D eigenvalue weighted by molar-refractivity contribution is 7.88. The lowest BCUT2D eigenvalue weighted by molar-refractivity contribution is -0.141. The molecule has 0 radical (unpaired) electrons. The first kappa shape index (κ1) is 13.9. The zero-order valence-corrected chi connectivity index (χ0v) is 10.5. The van der Waals surface area contributed by atoms with Gasteiger partial charge in [-0.05, 0) is 19.8 Å². The molecule has 0 aromatic heterocycles. The average molecular weight is 264 g/mol. The number of hydrogen-bond acceptors (Lipinski definition) is 4. The van der Waals surface area contributed by atoms with Crippen molar-refractivity contribution in [2.45, 2.75) is 31.8 Å². The molecule has 0 aromatic carbocycles. The second kappa shape index (κ2) is 5.01. The van der Waals surface area contributed by atoms with Crippen LogP contribution in [0.3, 0.4) is 0 Å². The minimum atomic E-state index is -3.43. The first-order chi connectivity index (χ1) is 7.73. The molecule has 17 heavy (non-hydrogen) atoms. The van der Waals surface area contributed by atoms with Gasteiger partial charge in [0.2, 0.25) is 15.9 Å². The van der Waals surface area contributed by atoms with Crippen molar-refractivity contribution in [2.24, 2.45) is 0 Å². The Morgan fingerprint density at radius 2 is 2.06 bits per heavy atom. The molecule has 8 heteroatoms. The first-order valence-corrected chi connectivity index (χ1v) is 7.08. The van der Waals surface area contributed by atoms with Crippen molar-refractivity contribution in [3.8, 4) is 0 Å². The summed E-state index contributed by atoms with van der Waals surface area (Å²) in [5.41, 5.74) is 0. The van der Waals surface area contributed by atoms with Crippen LogP contribution >= 0.6 is 0 Å². The summed E-state index contributed by atoms with van der Waals surface area (Å²) in [5.74, 6) is -1.70. The van der Waals surface area contributed by atoms with E-state index in [1.807, 2.05) is 0 Å². The minimum Gasteiger partial charge on any atom is -0.480 e. The average Bonchev–Trinajstić information content (AvgIpc) is 2.64. The van der Waals surface area contributed by atoms with Gasteiger partial charge in [-0.15, -0.1) is 0 Å². The lowest BCUT2D eigenvalue weighted by Gasteiger charge is -2.22. The molecule has 2 atom stereocenters. The fourth-order valence-electron chi connectivity index (χ4n) is 1.77. The number of carboxylic acid groups (broad SMARTS) is 1. The molecule has 0 aromatic rings. The van der Waals surface area contributed by atoms with Crippen LogP contribution in [0.2, 0.25) is 0 Å². The van der Waals surface area contributed by atoms with E-state index in [0.29, 0.717) is 19.4 Å². The van der Waals surface area contributed by atoms with Gasteiger partial charge in [0.25, 0.3) is 0 Å². The topological polar surface area (TPSA) is 104 Å². The number of nitrogens with one attached hydrogen (secondary N) is 1. The van der Waals surface area contributed by atoms with Gasteiger partial charge in [-0.25, -0.2) is 8.42 Å². The van der Waals surface area contributed by atoms with E-state index in [0.717, 1.165) is 10.6 Å². The summed E-state index contributed by atoms with van der Waals surface area (Å²) in [4.78, 5) is 22.3. The standard InChI is InChI=1S/C9H16N2O5S/c1-6(9(13)14)10-8(12)7-4-3-5-11(7)17(2,15)16/h6-7H,3-5H2,1-2H3,(H,10,12)(H,13,14)/t6-,7-/m0/s1. The third-order valence-electron chi connectivity index (χ3n) is 2.66. The van der Waals surface area contributed by atoms with Crippen LogP contribution in [-0.2, 0) is 19.6 Å². The Kier molecular flexibility index (Phi) is 4.10. The number of carbonyl (C=O) groups excluding carboxylic acids is 1. The molecule has 0 unspecified atom stereocenters. The largest absolute Gasteiger partial charge is 0.480 e. The van der Waals surface area contributed by atoms with E-state index in [1.165, 1.54) is 6.92 Å². The monoisotopic (exact) mass is 264 g/mol. The van der Waals surface area contributed by atoms with Gasteiger partial charge in [0.1, 0.15) is 12.1 Å². The predicted molar refractivity (Wildman–Crippen MR) is 59.8 cm³/mol. The predicted octanol–water partition coefficient (Wildman–Crippen LogP) is -1.00. The van der Waals surface area contributed by atoms with Gasteiger partial charge in [0, 0.05) is 6.54 Å². The lowest BCUT2D eigenvalue weighted by atomic mass is 10.2. The number of nitrogens with zero attached hydrogens (tertiary/aromatic N) is 1. The van der Waals surface area contributed by atoms with Crippen molar-refractivity contribution in [3.05, 3.63) is 0 Å². The summed E-state index contributed by atoms with van der Waals surface area (Å²) < 4.78 is 23.9. The second-order valence-electron chi connectivity index (χ2n) is 4.10. The van der Waals surface area contributed by atoms with Crippen LogP contribution in [0, 0.1) is 0 Å². The van der Waals surface area contributed by atoms with Crippen LogP contribution < -0.4 is 5.32 Å². The molecule has 7 nitrogen and oxygen atoms in total. The fraction of sp³-hybridized carbons (Fsp3) is 0.778. The molecule has 0 bridgehead atoms. The van der Waals surface area contributed by atoms with Crippen LogP contribution in [0.5, 0.6) is 0 Å². The summed E-state index contributed by atoms with van der Waals surface area (Å²) in [6.45, 7) is 1.64. The Morgan fingerprint density at radius 3 is 2.53 bits per heavy atom. The van der Waals surface area contributed by atoms with Gasteiger partial charge in [0.05, 0.1) is 6.26 Å². The van der Waals surface area contributed by atoms with Gasteiger partial charge < -0.3 is 10.4 Å². The number of sulfonamides is 1. The van der Waals surface area contributed by atoms with E-state index in [9.17, 15) is 18.0 Å². The number of aliphatic carboxylic acids is 1. The number of amides is 1. The highest BCUT2D eigenvalue weighted by Gasteiger charge is 2.37. The molecule has 0 saturated carbocycles. The van der Waals surface area contributed by atoms with Gasteiger partial charge in [0.15, 0.2) is 0 Å². The quantitative estimate of drug-likeness (QED) is 0.677. The van der Waals surface area contributed by atoms with Crippen LogP contribution in [0.4, 0.5) is 0 Å². The second-order valence-corrected chi connectivity index (χ2v) is 6.04. The summed E-state index contributed by atoms with van der Waals surface area (Å²) in [7, 11) is -3.43. The van der Waals surface area contributed by atoms with Gasteiger partial charge in [-0.2, -0.15) is 4.31 Å². The molecule has 0 aliphatic carbocycles. The molecule has 1 aliphatic heterocycles. The SMILES string of the molecule is C[C@H](NC(=O)[C@@H]1CCCN1S(C)(=O)=O)C(=O)O.